The molecule has 0 unspecified atom stereocenters. The zero-order valence-corrected chi connectivity index (χ0v) is 14.5. The van der Waals surface area contributed by atoms with Gasteiger partial charge in [-0.25, -0.2) is 0 Å². The lowest BCUT2D eigenvalue weighted by Crippen LogP contribution is -2.22. The van der Waals surface area contributed by atoms with Gasteiger partial charge in [0.1, 0.15) is 6.54 Å². The van der Waals surface area contributed by atoms with E-state index >= 15 is 0 Å². The van der Waals surface area contributed by atoms with E-state index in [9.17, 15) is 9.59 Å². The van der Waals surface area contributed by atoms with Gasteiger partial charge in [0.15, 0.2) is 4.80 Å². The van der Waals surface area contributed by atoms with Gasteiger partial charge in [0.05, 0.1) is 17.3 Å². The highest BCUT2D eigenvalue weighted by Crippen LogP contribution is 2.17. The predicted octanol–water partition coefficient (Wildman–Crippen LogP) is 3.08. The number of hydrogen-bond donors (Lipinski definition) is 0. The maximum absolute atomic E-state index is 12.1. The number of carbonyl (C=O) groups excluding carboxylic acids is 2. The van der Waals surface area contributed by atoms with E-state index in [1.54, 1.807) is 22.0 Å². The summed E-state index contributed by atoms with van der Waals surface area (Å²) in [5.74, 6) is -0.754. The third kappa shape index (κ3) is 3.69. The molecule has 0 radical (unpaired) electrons. The Labute approximate surface area is 146 Å². The lowest BCUT2D eigenvalue weighted by molar-refractivity contribution is -0.141. The summed E-state index contributed by atoms with van der Waals surface area (Å²) in [4.78, 5) is 29.4. The smallest absolute Gasteiger partial charge is 0.325 e. The van der Waals surface area contributed by atoms with Crippen molar-refractivity contribution in [2.24, 2.45) is 4.99 Å². The Balaban J connectivity index is 1.99. The Hall–Kier alpha value is -2.51. The van der Waals surface area contributed by atoms with Crippen LogP contribution in [0.4, 0.5) is 0 Å². The van der Waals surface area contributed by atoms with Crippen LogP contribution in [0.25, 0.3) is 16.3 Å². The fraction of sp³-hybridized carbons (Fsp3) is 0.118. The molecule has 5 nitrogen and oxygen atoms in total. The van der Waals surface area contributed by atoms with Crippen LogP contribution < -0.4 is 4.80 Å². The first-order valence-electron chi connectivity index (χ1n) is 7.13. The quantitative estimate of drug-likeness (QED) is 0.532. The van der Waals surface area contributed by atoms with Crippen LogP contribution in [0, 0.1) is 0 Å². The number of rotatable bonds is 4. The first-order valence-corrected chi connectivity index (χ1v) is 8.82. The van der Waals surface area contributed by atoms with Crippen molar-refractivity contribution in [2.45, 2.75) is 6.54 Å². The van der Waals surface area contributed by atoms with E-state index in [1.807, 2.05) is 41.8 Å². The first kappa shape index (κ1) is 16.4. The molecule has 0 spiro atoms. The molecule has 0 N–H and O–H groups in total. The molecule has 7 heteroatoms. The molecule has 122 valence electrons. The Kier molecular flexibility index (Phi) is 5.02. The number of thiazole rings is 1. The molecular weight excluding hydrogens is 344 g/mol. The van der Waals surface area contributed by atoms with Crippen molar-refractivity contribution in [1.29, 1.82) is 0 Å². The molecule has 0 saturated carbocycles. The van der Waals surface area contributed by atoms with Crippen LogP contribution in [0.1, 0.15) is 4.88 Å². The van der Waals surface area contributed by atoms with Gasteiger partial charge in [0.25, 0.3) is 5.91 Å². The largest absolute Gasteiger partial charge is 0.468 e. The van der Waals surface area contributed by atoms with Crippen molar-refractivity contribution < 1.29 is 14.3 Å². The van der Waals surface area contributed by atoms with E-state index < -0.39 is 0 Å². The molecule has 0 aliphatic heterocycles. The first-order chi connectivity index (χ1) is 11.7. The van der Waals surface area contributed by atoms with Gasteiger partial charge >= 0.3 is 5.97 Å². The van der Waals surface area contributed by atoms with E-state index in [1.165, 1.54) is 24.5 Å². The van der Waals surface area contributed by atoms with Crippen molar-refractivity contribution in [3.63, 3.8) is 0 Å². The number of para-hydroxylation sites is 1. The standard InChI is InChI=1S/C17H14N2O3S2/c1-22-16(21)11-19-13-6-2-3-7-14(13)24-17(19)18-15(20)9-8-12-5-4-10-23-12/h2-10H,11H2,1H3/b9-8+,18-17?. The van der Waals surface area contributed by atoms with Gasteiger partial charge < -0.3 is 9.30 Å². The van der Waals surface area contributed by atoms with E-state index in [0.29, 0.717) is 4.80 Å². The van der Waals surface area contributed by atoms with Crippen LogP contribution in [-0.2, 0) is 20.9 Å². The average molecular weight is 358 g/mol. The molecule has 0 aliphatic carbocycles. The Morgan fingerprint density at radius 1 is 1.25 bits per heavy atom. The second-order valence-corrected chi connectivity index (χ2v) is 6.80. The van der Waals surface area contributed by atoms with E-state index in [-0.39, 0.29) is 18.4 Å². The molecule has 2 aromatic heterocycles. The van der Waals surface area contributed by atoms with Gasteiger partial charge in [-0.3, -0.25) is 9.59 Å². The summed E-state index contributed by atoms with van der Waals surface area (Å²) in [6.45, 7) is 0.0151. The summed E-state index contributed by atoms with van der Waals surface area (Å²) in [6.07, 6.45) is 3.16. The minimum absolute atomic E-state index is 0.0151. The zero-order chi connectivity index (χ0) is 16.9. The number of aromatic nitrogens is 1. The Morgan fingerprint density at radius 3 is 2.83 bits per heavy atom. The normalized spacial score (nSPS) is 12.1. The molecule has 0 bridgehead atoms. The SMILES string of the molecule is COC(=O)Cn1c(=NC(=O)/C=C/c2cccs2)sc2ccccc21. The fourth-order valence-electron chi connectivity index (χ4n) is 2.12. The van der Waals surface area contributed by atoms with Gasteiger partial charge in [0.2, 0.25) is 0 Å². The van der Waals surface area contributed by atoms with Gasteiger partial charge in [-0.2, -0.15) is 4.99 Å². The number of esters is 1. The zero-order valence-electron chi connectivity index (χ0n) is 12.8. The van der Waals surface area contributed by atoms with E-state index in [0.717, 1.165) is 15.1 Å². The summed E-state index contributed by atoms with van der Waals surface area (Å²) in [5.41, 5.74) is 0.849. The highest BCUT2D eigenvalue weighted by Gasteiger charge is 2.10. The molecule has 3 aromatic rings. The van der Waals surface area contributed by atoms with Crippen LogP contribution in [0.5, 0.6) is 0 Å². The topological polar surface area (TPSA) is 60.7 Å². The number of amides is 1. The summed E-state index contributed by atoms with van der Waals surface area (Å²) in [6, 6.07) is 11.4. The van der Waals surface area contributed by atoms with Crippen molar-refractivity contribution in [3.05, 3.63) is 57.5 Å². The number of methoxy groups -OCH3 is 1. The van der Waals surface area contributed by atoms with Gasteiger partial charge in [0, 0.05) is 11.0 Å². The molecule has 0 saturated heterocycles. The maximum atomic E-state index is 12.1. The van der Waals surface area contributed by atoms with E-state index in [2.05, 4.69) is 4.99 Å². The molecule has 0 aliphatic rings. The number of ether oxygens (including phenoxy) is 1. The number of thiophene rings is 1. The highest BCUT2D eigenvalue weighted by molar-refractivity contribution is 7.16. The molecule has 2 heterocycles. The number of carbonyl (C=O) groups is 2. The maximum Gasteiger partial charge on any atom is 0.325 e. The fourth-order valence-corrected chi connectivity index (χ4v) is 3.78. The lowest BCUT2D eigenvalue weighted by Gasteiger charge is -2.02. The number of nitrogens with zero attached hydrogens (tertiary/aromatic N) is 2. The molecule has 1 aromatic carbocycles. The number of fused-ring (bicyclic) bond motifs is 1. The number of hydrogen-bond acceptors (Lipinski definition) is 5. The number of benzene rings is 1. The highest BCUT2D eigenvalue weighted by atomic mass is 32.1. The minimum atomic E-state index is -0.387. The van der Waals surface area contributed by atoms with Gasteiger partial charge in [-0.15, -0.1) is 11.3 Å². The molecule has 1 amide bonds. The summed E-state index contributed by atoms with van der Waals surface area (Å²) in [7, 11) is 1.34. The summed E-state index contributed by atoms with van der Waals surface area (Å²) < 4.78 is 7.39. The van der Waals surface area contributed by atoms with Crippen molar-refractivity contribution in [1.82, 2.24) is 4.57 Å². The lowest BCUT2D eigenvalue weighted by atomic mass is 10.3. The van der Waals surface area contributed by atoms with Crippen molar-refractivity contribution >= 4 is 50.8 Å². The van der Waals surface area contributed by atoms with E-state index in [4.69, 9.17) is 4.74 Å². The van der Waals surface area contributed by atoms with Crippen LogP contribution in [0.2, 0.25) is 0 Å². The van der Waals surface area contributed by atoms with Crippen LogP contribution in [0.3, 0.4) is 0 Å². The van der Waals surface area contributed by atoms with Gasteiger partial charge in [-0.1, -0.05) is 29.5 Å². The molecule has 24 heavy (non-hydrogen) atoms. The Bertz CT molecular complexity index is 965. The van der Waals surface area contributed by atoms with Crippen molar-refractivity contribution in [2.75, 3.05) is 7.11 Å². The van der Waals surface area contributed by atoms with Crippen LogP contribution >= 0.6 is 22.7 Å². The molecular formula is C17H14N2O3S2. The molecule has 3 rings (SSSR count). The second kappa shape index (κ2) is 7.37. The second-order valence-electron chi connectivity index (χ2n) is 4.81. The monoisotopic (exact) mass is 358 g/mol. The Morgan fingerprint density at radius 2 is 2.08 bits per heavy atom. The summed E-state index contributed by atoms with van der Waals surface area (Å²) in [5, 5.41) is 1.94. The van der Waals surface area contributed by atoms with Crippen LogP contribution in [0.15, 0.2) is 52.8 Å². The third-order valence-corrected chi connectivity index (χ3v) is 5.14. The third-order valence-electron chi connectivity index (χ3n) is 3.24. The van der Waals surface area contributed by atoms with Crippen molar-refractivity contribution in [3.8, 4) is 0 Å². The predicted molar refractivity (Wildman–Crippen MR) is 95.8 cm³/mol. The minimum Gasteiger partial charge on any atom is -0.468 e. The summed E-state index contributed by atoms with van der Waals surface area (Å²) >= 11 is 2.91. The average Bonchev–Trinajstić information content (AvgIpc) is 3.21. The molecule has 0 atom stereocenters. The molecule has 0 fully saturated rings. The van der Waals surface area contributed by atoms with Gasteiger partial charge in [-0.05, 0) is 29.7 Å². The van der Waals surface area contributed by atoms with Crippen LogP contribution in [-0.4, -0.2) is 23.6 Å².